The van der Waals surface area contributed by atoms with E-state index in [0.717, 1.165) is 16.2 Å². The highest BCUT2D eigenvalue weighted by Crippen LogP contribution is 2.26. The molecule has 76 valence electrons. The largest absolute Gasteiger partial charge is 0.396 e. The molecule has 3 nitrogen and oxygen atoms in total. The van der Waals surface area contributed by atoms with E-state index in [0.29, 0.717) is 11.5 Å². The van der Waals surface area contributed by atoms with Crippen molar-refractivity contribution in [3.63, 3.8) is 0 Å². The van der Waals surface area contributed by atoms with Crippen molar-refractivity contribution in [2.45, 2.75) is 4.90 Å². The maximum absolute atomic E-state index is 5.65. The molecule has 0 aliphatic heterocycles. The van der Waals surface area contributed by atoms with Crippen molar-refractivity contribution in [1.29, 1.82) is 0 Å². The van der Waals surface area contributed by atoms with Gasteiger partial charge in [-0.05, 0) is 18.2 Å². The van der Waals surface area contributed by atoms with Crippen molar-refractivity contribution in [1.82, 2.24) is 4.98 Å². The maximum Gasteiger partial charge on any atom is 0.147 e. The first-order valence-corrected chi connectivity index (χ1v) is 4.93. The monoisotopic (exact) mass is 217 g/mol. The quantitative estimate of drug-likeness (QED) is 0.642. The fourth-order valence-electron chi connectivity index (χ4n) is 1.33. The average molecular weight is 217 g/mol. The molecule has 0 spiro atoms. The van der Waals surface area contributed by atoms with E-state index >= 15 is 0 Å². The highest BCUT2D eigenvalue weighted by atomic mass is 32.1. The molecule has 0 amide bonds. The number of hydrogen-bond donors (Lipinski definition) is 3. The predicted molar refractivity (Wildman–Crippen MR) is 65.7 cm³/mol. The zero-order valence-electron chi connectivity index (χ0n) is 8.01. The summed E-state index contributed by atoms with van der Waals surface area (Å²) < 4.78 is 0. The van der Waals surface area contributed by atoms with Gasteiger partial charge < -0.3 is 11.5 Å². The molecule has 0 unspecified atom stereocenters. The number of benzene rings is 1. The Kier molecular flexibility index (Phi) is 2.51. The summed E-state index contributed by atoms with van der Waals surface area (Å²) in [5, 5.41) is 0. The lowest BCUT2D eigenvalue weighted by Gasteiger charge is -2.06. The van der Waals surface area contributed by atoms with Crippen LogP contribution in [0.5, 0.6) is 0 Å². The molecule has 0 aliphatic rings. The third-order valence-corrected chi connectivity index (χ3v) is 2.53. The van der Waals surface area contributed by atoms with Crippen molar-refractivity contribution in [3.8, 4) is 11.3 Å². The summed E-state index contributed by atoms with van der Waals surface area (Å²) in [6.45, 7) is 0. The smallest absolute Gasteiger partial charge is 0.147 e. The summed E-state index contributed by atoms with van der Waals surface area (Å²) >= 11 is 4.36. The van der Waals surface area contributed by atoms with Crippen molar-refractivity contribution in [3.05, 3.63) is 36.4 Å². The van der Waals surface area contributed by atoms with Crippen LogP contribution in [-0.2, 0) is 0 Å². The van der Waals surface area contributed by atoms with E-state index in [9.17, 15) is 0 Å². The van der Waals surface area contributed by atoms with E-state index in [1.807, 2.05) is 30.3 Å². The van der Waals surface area contributed by atoms with Crippen molar-refractivity contribution < 1.29 is 0 Å². The molecule has 1 heterocycles. The summed E-state index contributed by atoms with van der Waals surface area (Å²) in [6.07, 6.45) is 0. The molecule has 0 fully saturated rings. The second kappa shape index (κ2) is 3.82. The van der Waals surface area contributed by atoms with Crippen LogP contribution in [0, 0.1) is 0 Å². The number of thiol groups is 1. The van der Waals surface area contributed by atoms with Crippen LogP contribution in [0.3, 0.4) is 0 Å². The Morgan fingerprint density at radius 1 is 1.00 bits per heavy atom. The topological polar surface area (TPSA) is 64.9 Å². The van der Waals surface area contributed by atoms with E-state index in [1.165, 1.54) is 0 Å². The number of rotatable bonds is 1. The van der Waals surface area contributed by atoms with Crippen LogP contribution in [0.25, 0.3) is 11.3 Å². The summed E-state index contributed by atoms with van der Waals surface area (Å²) in [5.41, 5.74) is 13.5. The zero-order chi connectivity index (χ0) is 10.8. The average Bonchev–Trinajstić information content (AvgIpc) is 2.23. The first-order chi connectivity index (χ1) is 7.18. The van der Waals surface area contributed by atoms with Crippen molar-refractivity contribution >= 4 is 24.1 Å². The molecule has 0 aliphatic carbocycles. The highest BCUT2D eigenvalue weighted by molar-refractivity contribution is 7.80. The molecular weight excluding hydrogens is 206 g/mol. The van der Waals surface area contributed by atoms with Gasteiger partial charge in [0.2, 0.25) is 0 Å². The molecular formula is C11H11N3S. The van der Waals surface area contributed by atoms with Gasteiger partial charge in [-0.3, -0.25) is 0 Å². The normalized spacial score (nSPS) is 10.2. The first kappa shape index (κ1) is 9.86. The number of aromatic nitrogens is 1. The van der Waals surface area contributed by atoms with Gasteiger partial charge in [0, 0.05) is 10.5 Å². The summed E-state index contributed by atoms with van der Waals surface area (Å²) in [7, 11) is 0. The van der Waals surface area contributed by atoms with Gasteiger partial charge in [0.15, 0.2) is 0 Å². The van der Waals surface area contributed by atoms with Crippen LogP contribution in [0.15, 0.2) is 41.3 Å². The van der Waals surface area contributed by atoms with Gasteiger partial charge in [-0.15, -0.1) is 12.6 Å². The van der Waals surface area contributed by atoms with Gasteiger partial charge in [0.25, 0.3) is 0 Å². The molecule has 4 N–H and O–H groups in total. The minimum atomic E-state index is 0.351. The molecule has 2 rings (SSSR count). The molecule has 4 heteroatoms. The Balaban J connectivity index is 2.55. The Labute approximate surface area is 93.5 Å². The fraction of sp³-hybridized carbons (Fsp3) is 0. The lowest BCUT2D eigenvalue weighted by molar-refractivity contribution is 1.30. The first-order valence-electron chi connectivity index (χ1n) is 4.49. The number of nitrogens with two attached hydrogens (primary N) is 2. The Bertz CT molecular complexity index is 497. The lowest BCUT2D eigenvalue weighted by Crippen LogP contribution is -1.98. The van der Waals surface area contributed by atoms with Gasteiger partial charge in [-0.2, -0.15) is 0 Å². The lowest BCUT2D eigenvalue weighted by atomic mass is 10.1. The SMILES string of the molecule is Nc1ccc(-c2ccccc2S)nc1N. The van der Waals surface area contributed by atoms with Gasteiger partial charge in [-0.25, -0.2) is 4.98 Å². The van der Waals surface area contributed by atoms with Crippen LogP contribution < -0.4 is 11.5 Å². The van der Waals surface area contributed by atoms with E-state index in [2.05, 4.69) is 17.6 Å². The standard InChI is InChI=1S/C11H11N3S/c12-8-5-6-9(14-11(8)13)7-3-1-2-4-10(7)15/h1-6,15H,12H2,(H2,13,14). The molecule has 0 bridgehead atoms. The number of hydrogen-bond acceptors (Lipinski definition) is 4. The van der Waals surface area contributed by atoms with Crippen molar-refractivity contribution in [2.75, 3.05) is 11.5 Å². The Hall–Kier alpha value is -1.68. The van der Waals surface area contributed by atoms with Crippen LogP contribution in [0.2, 0.25) is 0 Å². The fourth-order valence-corrected chi connectivity index (χ4v) is 1.60. The van der Waals surface area contributed by atoms with Crippen molar-refractivity contribution in [2.24, 2.45) is 0 Å². The maximum atomic E-state index is 5.65. The minimum absolute atomic E-state index is 0.351. The van der Waals surface area contributed by atoms with Gasteiger partial charge in [0.05, 0.1) is 11.4 Å². The van der Waals surface area contributed by atoms with Gasteiger partial charge >= 0.3 is 0 Å². The molecule has 0 radical (unpaired) electrons. The second-order valence-corrected chi connectivity index (χ2v) is 3.67. The minimum Gasteiger partial charge on any atom is -0.396 e. The Morgan fingerprint density at radius 3 is 2.40 bits per heavy atom. The molecule has 2 aromatic rings. The van der Waals surface area contributed by atoms with Crippen LogP contribution >= 0.6 is 12.6 Å². The Morgan fingerprint density at radius 2 is 1.73 bits per heavy atom. The molecule has 0 atom stereocenters. The number of pyridine rings is 1. The van der Waals surface area contributed by atoms with Gasteiger partial charge in [0.1, 0.15) is 5.82 Å². The van der Waals surface area contributed by atoms with E-state index in [4.69, 9.17) is 11.5 Å². The number of nitrogen functional groups attached to an aromatic ring is 2. The summed E-state index contributed by atoms with van der Waals surface area (Å²) in [6, 6.07) is 11.3. The second-order valence-electron chi connectivity index (χ2n) is 3.19. The van der Waals surface area contributed by atoms with E-state index < -0.39 is 0 Å². The van der Waals surface area contributed by atoms with E-state index in [1.54, 1.807) is 6.07 Å². The molecule has 15 heavy (non-hydrogen) atoms. The molecule has 1 aromatic heterocycles. The zero-order valence-corrected chi connectivity index (χ0v) is 8.91. The van der Waals surface area contributed by atoms with Crippen LogP contribution in [0.4, 0.5) is 11.5 Å². The third-order valence-electron chi connectivity index (χ3n) is 2.14. The molecule has 0 saturated carbocycles. The van der Waals surface area contributed by atoms with Crippen LogP contribution in [-0.4, -0.2) is 4.98 Å². The molecule has 0 saturated heterocycles. The molecule has 1 aromatic carbocycles. The number of nitrogens with zero attached hydrogens (tertiary/aromatic N) is 1. The van der Waals surface area contributed by atoms with E-state index in [-0.39, 0.29) is 0 Å². The predicted octanol–water partition coefficient (Wildman–Crippen LogP) is 2.20. The summed E-state index contributed by atoms with van der Waals surface area (Å²) in [5.74, 6) is 0.351. The highest BCUT2D eigenvalue weighted by Gasteiger charge is 2.04. The third kappa shape index (κ3) is 1.89. The van der Waals surface area contributed by atoms with Crippen LogP contribution in [0.1, 0.15) is 0 Å². The summed E-state index contributed by atoms with van der Waals surface area (Å²) in [4.78, 5) is 5.08. The number of anilines is 2. The van der Waals surface area contributed by atoms with Gasteiger partial charge in [-0.1, -0.05) is 18.2 Å².